The first-order valence-electron chi connectivity index (χ1n) is 7.01. The van der Waals surface area contributed by atoms with Crippen LogP contribution in [0.4, 0.5) is 0 Å². The van der Waals surface area contributed by atoms with Crippen LogP contribution in [0.1, 0.15) is 46.0 Å². The average Bonchev–Trinajstić information content (AvgIpc) is 2.26. The minimum atomic E-state index is -1.05. The molecule has 0 heterocycles. The van der Waals surface area contributed by atoms with Gasteiger partial charge in [0, 0.05) is 17.4 Å². The third-order valence-electron chi connectivity index (χ3n) is 5.35. The molecule has 0 spiro atoms. The van der Waals surface area contributed by atoms with Gasteiger partial charge in [-0.2, -0.15) is 0 Å². The van der Waals surface area contributed by atoms with Gasteiger partial charge in [-0.25, -0.2) is 4.79 Å². The third kappa shape index (κ3) is 2.32. The Bertz CT molecular complexity index is 401. The molecule has 3 N–H and O–H groups in total. The van der Waals surface area contributed by atoms with Crippen LogP contribution < -0.4 is 0 Å². The highest BCUT2D eigenvalue weighted by Crippen LogP contribution is 2.56. The van der Waals surface area contributed by atoms with E-state index < -0.39 is 23.6 Å². The molecule has 19 heavy (non-hydrogen) atoms. The number of aliphatic carboxylic acids is 1. The maximum Gasteiger partial charge on any atom is 0.331 e. The predicted octanol–water partition coefficient (Wildman–Crippen LogP) is 1.96. The summed E-state index contributed by atoms with van der Waals surface area (Å²) in [6.07, 6.45) is 3.25. The fourth-order valence-corrected chi connectivity index (χ4v) is 4.40. The van der Waals surface area contributed by atoms with E-state index in [2.05, 4.69) is 13.5 Å². The van der Waals surface area contributed by atoms with Crippen molar-refractivity contribution in [2.24, 2.45) is 17.3 Å². The highest BCUT2D eigenvalue weighted by Gasteiger charge is 2.56. The minimum absolute atomic E-state index is 0.0657. The smallest absolute Gasteiger partial charge is 0.331 e. The van der Waals surface area contributed by atoms with Crippen molar-refractivity contribution in [3.63, 3.8) is 0 Å². The number of hydrogen-bond donors (Lipinski definition) is 3. The molecule has 108 valence electrons. The fourth-order valence-electron chi connectivity index (χ4n) is 4.40. The molecule has 0 radical (unpaired) electrons. The van der Waals surface area contributed by atoms with Gasteiger partial charge in [-0.1, -0.05) is 19.9 Å². The molecule has 0 bridgehead atoms. The summed E-state index contributed by atoms with van der Waals surface area (Å²) in [5.74, 6) is -1.77. The van der Waals surface area contributed by atoms with Gasteiger partial charge in [0.05, 0.1) is 11.7 Å². The van der Waals surface area contributed by atoms with E-state index in [1.165, 1.54) is 0 Å². The molecular formula is C15H24O4. The fraction of sp³-hybridized carbons (Fsp3) is 0.800. The van der Waals surface area contributed by atoms with Crippen LogP contribution in [0.5, 0.6) is 0 Å². The summed E-state index contributed by atoms with van der Waals surface area (Å²) in [5, 5.41) is 30.3. The second kappa shape index (κ2) is 4.60. The van der Waals surface area contributed by atoms with Crippen LogP contribution in [-0.4, -0.2) is 33.0 Å². The average molecular weight is 268 g/mol. The minimum Gasteiger partial charge on any atom is -0.478 e. The van der Waals surface area contributed by atoms with Crippen LogP contribution >= 0.6 is 0 Å². The highest BCUT2D eigenvalue weighted by atomic mass is 16.4. The zero-order valence-corrected chi connectivity index (χ0v) is 11.7. The van der Waals surface area contributed by atoms with Gasteiger partial charge in [0.2, 0.25) is 0 Å². The zero-order valence-electron chi connectivity index (χ0n) is 11.7. The first kappa shape index (κ1) is 14.5. The largest absolute Gasteiger partial charge is 0.478 e. The molecule has 4 heteroatoms. The normalized spacial score (nSPS) is 46.4. The second-order valence-electron chi connectivity index (χ2n) is 6.81. The van der Waals surface area contributed by atoms with Crippen molar-refractivity contribution in [2.75, 3.05) is 0 Å². The topological polar surface area (TPSA) is 77.8 Å². The maximum absolute atomic E-state index is 11.1. The van der Waals surface area contributed by atoms with Gasteiger partial charge in [0.15, 0.2) is 0 Å². The first-order chi connectivity index (χ1) is 8.69. The number of fused-ring (bicyclic) bond motifs is 1. The molecule has 2 saturated carbocycles. The van der Waals surface area contributed by atoms with Crippen LogP contribution in [-0.2, 0) is 4.79 Å². The Morgan fingerprint density at radius 3 is 2.47 bits per heavy atom. The Morgan fingerprint density at radius 1 is 1.26 bits per heavy atom. The quantitative estimate of drug-likeness (QED) is 0.669. The van der Waals surface area contributed by atoms with E-state index in [4.69, 9.17) is 5.11 Å². The van der Waals surface area contributed by atoms with Crippen LogP contribution in [0.3, 0.4) is 0 Å². The molecular weight excluding hydrogens is 244 g/mol. The molecule has 0 aliphatic heterocycles. The van der Waals surface area contributed by atoms with Gasteiger partial charge in [-0.3, -0.25) is 0 Å². The molecule has 2 aliphatic carbocycles. The van der Waals surface area contributed by atoms with Gasteiger partial charge in [0.25, 0.3) is 0 Å². The van der Waals surface area contributed by atoms with Crippen LogP contribution in [0.25, 0.3) is 0 Å². The van der Waals surface area contributed by atoms with Gasteiger partial charge in [0.1, 0.15) is 0 Å². The summed E-state index contributed by atoms with van der Waals surface area (Å²) in [6.45, 7) is 7.47. The summed E-state index contributed by atoms with van der Waals surface area (Å²) in [4.78, 5) is 11.1. The third-order valence-corrected chi connectivity index (χ3v) is 5.35. The standard InChI is InChI=1S/C15H24O4/c1-9(13(17)18)10-5-8-14(2)6-4-7-15(3,19)12(14)11(10)16/h10-12,16,19H,1,4-8H2,2-3H3,(H,17,18)/t10-,11+,12-,14-,15-/m1/s1. The lowest BCUT2D eigenvalue weighted by atomic mass is 9.52. The SMILES string of the molecule is C=C(C(=O)O)[C@H]1CC[C@@]2(C)CCC[C@@](C)(O)[C@@H]2[C@H]1O. The number of rotatable bonds is 2. The van der Waals surface area contributed by atoms with Crippen LogP contribution in [0, 0.1) is 17.3 Å². The summed E-state index contributed by atoms with van der Waals surface area (Å²) < 4.78 is 0. The number of hydrogen-bond acceptors (Lipinski definition) is 3. The van der Waals surface area contributed by atoms with E-state index in [-0.39, 0.29) is 16.9 Å². The molecule has 0 aromatic heterocycles. The lowest BCUT2D eigenvalue weighted by molar-refractivity contribution is -0.176. The van der Waals surface area contributed by atoms with Crippen molar-refractivity contribution in [3.8, 4) is 0 Å². The molecule has 0 aromatic carbocycles. The molecule has 2 aliphatic rings. The van der Waals surface area contributed by atoms with E-state index in [1.54, 1.807) is 6.92 Å². The molecule has 5 atom stereocenters. The van der Waals surface area contributed by atoms with E-state index in [1.807, 2.05) is 0 Å². The number of carboxylic acid groups (broad SMARTS) is 1. The zero-order chi connectivity index (χ0) is 14.4. The lowest BCUT2D eigenvalue weighted by Gasteiger charge is -2.56. The Balaban J connectivity index is 2.31. The van der Waals surface area contributed by atoms with Gasteiger partial charge < -0.3 is 15.3 Å². The highest BCUT2D eigenvalue weighted by molar-refractivity contribution is 5.86. The lowest BCUT2D eigenvalue weighted by Crippen LogP contribution is -2.58. The van der Waals surface area contributed by atoms with E-state index >= 15 is 0 Å². The number of carboxylic acids is 1. The second-order valence-corrected chi connectivity index (χ2v) is 6.81. The number of carbonyl (C=O) groups is 1. The van der Waals surface area contributed by atoms with Crippen LogP contribution in [0.2, 0.25) is 0 Å². The van der Waals surface area contributed by atoms with Crippen LogP contribution in [0.15, 0.2) is 12.2 Å². The van der Waals surface area contributed by atoms with Gasteiger partial charge >= 0.3 is 5.97 Å². The molecule has 0 unspecified atom stereocenters. The summed E-state index contributed by atoms with van der Waals surface area (Å²) in [6, 6.07) is 0. The molecule has 2 fully saturated rings. The Labute approximate surface area is 114 Å². The molecule has 0 amide bonds. The van der Waals surface area contributed by atoms with E-state index in [0.717, 1.165) is 19.3 Å². The van der Waals surface area contributed by atoms with Gasteiger partial charge in [-0.05, 0) is 38.0 Å². The predicted molar refractivity (Wildman–Crippen MR) is 71.6 cm³/mol. The monoisotopic (exact) mass is 268 g/mol. The summed E-state index contributed by atoms with van der Waals surface area (Å²) in [7, 11) is 0. The first-order valence-corrected chi connectivity index (χ1v) is 7.01. The van der Waals surface area contributed by atoms with Crippen molar-refractivity contribution >= 4 is 5.97 Å². The number of aliphatic hydroxyl groups is 2. The van der Waals surface area contributed by atoms with Crippen molar-refractivity contribution in [1.29, 1.82) is 0 Å². The Kier molecular flexibility index (Phi) is 3.52. The maximum atomic E-state index is 11.1. The Hall–Kier alpha value is -0.870. The van der Waals surface area contributed by atoms with E-state index in [9.17, 15) is 15.0 Å². The number of aliphatic hydroxyl groups excluding tert-OH is 1. The Morgan fingerprint density at radius 2 is 1.89 bits per heavy atom. The molecule has 0 aromatic rings. The molecule has 4 nitrogen and oxygen atoms in total. The van der Waals surface area contributed by atoms with Crippen molar-refractivity contribution in [3.05, 3.63) is 12.2 Å². The van der Waals surface area contributed by atoms with Crippen molar-refractivity contribution < 1.29 is 20.1 Å². The van der Waals surface area contributed by atoms with Crippen molar-refractivity contribution in [1.82, 2.24) is 0 Å². The van der Waals surface area contributed by atoms with E-state index in [0.29, 0.717) is 12.8 Å². The summed E-state index contributed by atoms with van der Waals surface area (Å²) in [5.41, 5.74) is -0.962. The van der Waals surface area contributed by atoms with Gasteiger partial charge in [-0.15, -0.1) is 0 Å². The molecule has 2 rings (SSSR count). The molecule has 0 saturated heterocycles. The van der Waals surface area contributed by atoms with Crippen molar-refractivity contribution in [2.45, 2.75) is 57.7 Å². The summed E-state index contributed by atoms with van der Waals surface area (Å²) >= 11 is 0.